The van der Waals surface area contributed by atoms with E-state index >= 15 is 0 Å². The van der Waals surface area contributed by atoms with Gasteiger partial charge < -0.3 is 14.9 Å². The lowest BCUT2D eigenvalue weighted by Gasteiger charge is -2.13. The van der Waals surface area contributed by atoms with Crippen LogP contribution >= 0.6 is 0 Å². The van der Waals surface area contributed by atoms with Crippen molar-refractivity contribution in [1.82, 2.24) is 0 Å². The number of aliphatic hydroxyl groups is 2. The molecule has 0 unspecified atom stereocenters. The summed E-state index contributed by atoms with van der Waals surface area (Å²) in [5.41, 5.74) is 0.902. The van der Waals surface area contributed by atoms with Crippen LogP contribution in [0.5, 0.6) is 0 Å². The van der Waals surface area contributed by atoms with Crippen molar-refractivity contribution in [2.24, 2.45) is 0 Å². The van der Waals surface area contributed by atoms with Crippen molar-refractivity contribution in [3.63, 3.8) is 0 Å². The van der Waals surface area contributed by atoms with Gasteiger partial charge in [0.1, 0.15) is 5.76 Å². The number of hydrogen-bond acceptors (Lipinski definition) is 3. The van der Waals surface area contributed by atoms with Crippen LogP contribution < -0.4 is 0 Å². The van der Waals surface area contributed by atoms with E-state index in [1.165, 1.54) is 7.11 Å². The van der Waals surface area contributed by atoms with E-state index in [4.69, 9.17) is 9.84 Å². The summed E-state index contributed by atoms with van der Waals surface area (Å²) in [5, 5.41) is 18.0. The van der Waals surface area contributed by atoms with Gasteiger partial charge >= 0.3 is 0 Å². The first kappa shape index (κ1) is 8.14. The third-order valence-corrected chi connectivity index (χ3v) is 1.73. The van der Waals surface area contributed by atoms with Crippen molar-refractivity contribution >= 4 is 0 Å². The summed E-state index contributed by atoms with van der Waals surface area (Å²) < 4.78 is 4.88. The first-order chi connectivity index (χ1) is 5.27. The van der Waals surface area contributed by atoms with E-state index in [0.717, 1.165) is 12.0 Å². The number of hydrogen-bond donors (Lipinski definition) is 2. The molecule has 0 saturated heterocycles. The second-order valence-corrected chi connectivity index (χ2v) is 2.48. The Labute approximate surface area is 65.6 Å². The largest absolute Gasteiger partial charge is 0.508 e. The minimum atomic E-state index is 0.0418. The second kappa shape index (κ2) is 3.44. The van der Waals surface area contributed by atoms with Gasteiger partial charge in [0.15, 0.2) is 5.76 Å². The van der Waals surface area contributed by atoms with E-state index in [-0.39, 0.29) is 12.4 Å². The Hall–Kier alpha value is -0.960. The number of ether oxygens (including phenoxy) is 1. The maximum Gasteiger partial charge on any atom is 0.156 e. The van der Waals surface area contributed by atoms with Crippen LogP contribution in [0.25, 0.3) is 0 Å². The van der Waals surface area contributed by atoms with Crippen LogP contribution in [0.3, 0.4) is 0 Å². The van der Waals surface area contributed by atoms with Gasteiger partial charge in [0.25, 0.3) is 0 Å². The van der Waals surface area contributed by atoms with Crippen molar-refractivity contribution in [2.45, 2.75) is 12.8 Å². The quantitative estimate of drug-likeness (QED) is 0.629. The summed E-state index contributed by atoms with van der Waals surface area (Å²) in [4.78, 5) is 0. The molecule has 0 aromatic carbocycles. The summed E-state index contributed by atoms with van der Waals surface area (Å²) in [6.07, 6.45) is 2.96. The molecule has 3 heteroatoms. The molecule has 1 rings (SSSR count). The Balaban J connectivity index is 2.78. The Morgan fingerprint density at radius 3 is 2.82 bits per heavy atom. The zero-order valence-electron chi connectivity index (χ0n) is 6.50. The lowest BCUT2D eigenvalue weighted by atomic mass is 10.0. The molecule has 11 heavy (non-hydrogen) atoms. The molecule has 1 aliphatic rings. The molecule has 0 heterocycles. The van der Waals surface area contributed by atoms with Crippen LogP contribution in [-0.2, 0) is 4.74 Å². The number of methoxy groups -OCH3 is 1. The Morgan fingerprint density at radius 1 is 1.55 bits per heavy atom. The van der Waals surface area contributed by atoms with Gasteiger partial charge in [-0.15, -0.1) is 0 Å². The maximum absolute atomic E-state index is 9.21. The Morgan fingerprint density at radius 2 is 2.27 bits per heavy atom. The summed E-state index contributed by atoms with van der Waals surface area (Å²) >= 11 is 0. The smallest absolute Gasteiger partial charge is 0.156 e. The van der Waals surface area contributed by atoms with Crippen LogP contribution in [-0.4, -0.2) is 23.9 Å². The average Bonchev–Trinajstić information content (AvgIpc) is 2.05. The topological polar surface area (TPSA) is 49.7 Å². The van der Waals surface area contributed by atoms with E-state index in [1.54, 1.807) is 6.08 Å². The lowest BCUT2D eigenvalue weighted by molar-refractivity contribution is 0.251. The monoisotopic (exact) mass is 156 g/mol. The van der Waals surface area contributed by atoms with E-state index < -0.39 is 0 Å². The molecule has 0 radical (unpaired) electrons. The molecular formula is C8H12O3. The minimum absolute atomic E-state index is 0.0418. The highest BCUT2D eigenvalue weighted by atomic mass is 16.5. The van der Waals surface area contributed by atoms with E-state index in [9.17, 15) is 5.11 Å². The Bertz CT molecular complexity index is 203. The van der Waals surface area contributed by atoms with Crippen molar-refractivity contribution in [2.75, 3.05) is 13.7 Å². The third kappa shape index (κ3) is 1.74. The molecule has 0 spiro atoms. The highest BCUT2D eigenvalue weighted by Gasteiger charge is 2.11. The average molecular weight is 156 g/mol. The van der Waals surface area contributed by atoms with Gasteiger partial charge in [-0.1, -0.05) is 0 Å². The van der Waals surface area contributed by atoms with Crippen LogP contribution in [0.1, 0.15) is 12.8 Å². The van der Waals surface area contributed by atoms with Crippen LogP contribution in [0, 0.1) is 0 Å². The fraction of sp³-hybridized carbons (Fsp3) is 0.500. The zero-order valence-corrected chi connectivity index (χ0v) is 6.50. The molecule has 3 nitrogen and oxygen atoms in total. The first-order valence-electron chi connectivity index (χ1n) is 3.54. The molecule has 0 amide bonds. The number of rotatable bonds is 2. The second-order valence-electron chi connectivity index (χ2n) is 2.48. The predicted octanol–water partition coefficient (Wildman–Crippen LogP) is 1.11. The highest BCUT2D eigenvalue weighted by molar-refractivity contribution is 5.26. The fourth-order valence-electron chi connectivity index (χ4n) is 1.04. The molecule has 0 aliphatic heterocycles. The number of allylic oxidation sites excluding steroid dienone is 2. The molecule has 1 aliphatic carbocycles. The molecule has 2 N–H and O–H groups in total. The molecule has 0 fully saturated rings. The fourth-order valence-corrected chi connectivity index (χ4v) is 1.04. The SMILES string of the molecule is COC1=C(O)CCC(CO)=C1. The van der Waals surface area contributed by atoms with Crippen molar-refractivity contribution in [3.8, 4) is 0 Å². The standard InChI is InChI=1S/C8H12O3/c1-11-8-4-6(5-9)2-3-7(8)10/h4,9-10H,2-3,5H2,1H3. The number of aliphatic hydroxyl groups excluding tert-OH is 2. The van der Waals surface area contributed by atoms with Gasteiger partial charge in [-0.05, 0) is 18.1 Å². The molecule has 0 aromatic rings. The summed E-state index contributed by atoms with van der Waals surface area (Å²) in [7, 11) is 1.50. The van der Waals surface area contributed by atoms with Crippen LogP contribution in [0.2, 0.25) is 0 Å². The predicted molar refractivity (Wildman–Crippen MR) is 41.1 cm³/mol. The normalized spacial score (nSPS) is 18.2. The van der Waals surface area contributed by atoms with Gasteiger partial charge in [-0.3, -0.25) is 0 Å². The molecule has 0 atom stereocenters. The molecule has 62 valence electrons. The van der Waals surface area contributed by atoms with Crippen LogP contribution in [0.4, 0.5) is 0 Å². The molecular weight excluding hydrogens is 144 g/mol. The van der Waals surface area contributed by atoms with Gasteiger partial charge in [0.2, 0.25) is 0 Å². The summed E-state index contributed by atoms with van der Waals surface area (Å²) in [5.74, 6) is 0.741. The van der Waals surface area contributed by atoms with Gasteiger partial charge in [-0.25, -0.2) is 0 Å². The zero-order chi connectivity index (χ0) is 8.27. The first-order valence-corrected chi connectivity index (χ1v) is 3.54. The maximum atomic E-state index is 9.21. The van der Waals surface area contributed by atoms with Crippen molar-refractivity contribution in [3.05, 3.63) is 23.2 Å². The Kier molecular flexibility index (Phi) is 2.54. The van der Waals surface area contributed by atoms with Crippen molar-refractivity contribution in [1.29, 1.82) is 0 Å². The van der Waals surface area contributed by atoms with E-state index in [0.29, 0.717) is 12.2 Å². The summed E-state index contributed by atoms with van der Waals surface area (Å²) in [6, 6.07) is 0. The molecule has 0 saturated carbocycles. The van der Waals surface area contributed by atoms with Gasteiger partial charge in [0.05, 0.1) is 13.7 Å². The van der Waals surface area contributed by atoms with Gasteiger partial charge in [-0.2, -0.15) is 0 Å². The van der Waals surface area contributed by atoms with E-state index in [1.807, 2.05) is 0 Å². The third-order valence-electron chi connectivity index (χ3n) is 1.73. The summed E-state index contributed by atoms with van der Waals surface area (Å²) in [6.45, 7) is 0.0418. The minimum Gasteiger partial charge on any atom is -0.508 e. The van der Waals surface area contributed by atoms with E-state index in [2.05, 4.69) is 0 Å². The lowest BCUT2D eigenvalue weighted by Crippen LogP contribution is -2.03. The molecule has 0 bridgehead atoms. The van der Waals surface area contributed by atoms with Crippen molar-refractivity contribution < 1.29 is 14.9 Å². The molecule has 0 aromatic heterocycles. The van der Waals surface area contributed by atoms with Crippen LogP contribution in [0.15, 0.2) is 23.2 Å². The highest BCUT2D eigenvalue weighted by Crippen LogP contribution is 2.21. The van der Waals surface area contributed by atoms with Gasteiger partial charge in [0, 0.05) is 6.42 Å².